The second-order valence-electron chi connectivity index (χ2n) is 7.72. The minimum Gasteiger partial charge on any atom is -0.390 e. The van der Waals surface area contributed by atoms with Gasteiger partial charge in [0.25, 0.3) is 11.5 Å². The van der Waals surface area contributed by atoms with E-state index < -0.39 is 17.3 Å². The van der Waals surface area contributed by atoms with E-state index in [0.29, 0.717) is 27.6 Å². The number of H-pyrrole nitrogens is 1. The lowest BCUT2D eigenvalue weighted by atomic mass is 10.1. The molecule has 3 aromatic heterocycles. The molecule has 0 spiro atoms. The number of hydrogen-bond donors (Lipinski definition) is 4. The summed E-state index contributed by atoms with van der Waals surface area (Å²) in [4.78, 5) is 25.5. The molecule has 176 valence electrons. The number of hydrogen-bond acceptors (Lipinski definition) is 7. The fraction of sp³-hybridized carbons (Fsp3) is 0.0833. The van der Waals surface area contributed by atoms with Gasteiger partial charge in [0.15, 0.2) is 5.82 Å². The van der Waals surface area contributed by atoms with Gasteiger partial charge in [-0.1, -0.05) is 18.2 Å². The lowest BCUT2D eigenvalue weighted by molar-refractivity contribution is 0.103. The highest BCUT2D eigenvalue weighted by Crippen LogP contribution is 2.28. The van der Waals surface area contributed by atoms with Gasteiger partial charge in [0.05, 0.1) is 28.6 Å². The molecule has 0 radical (unpaired) electrons. The zero-order valence-electron chi connectivity index (χ0n) is 18.4. The van der Waals surface area contributed by atoms with Crippen molar-refractivity contribution in [3.63, 3.8) is 0 Å². The second kappa shape index (κ2) is 9.12. The number of benzene rings is 2. The number of nitrogens with zero attached hydrogens (tertiary/aromatic N) is 3. The van der Waals surface area contributed by atoms with Crippen molar-refractivity contribution in [3.8, 4) is 11.3 Å². The van der Waals surface area contributed by atoms with E-state index in [-0.39, 0.29) is 18.0 Å². The number of rotatable bonds is 6. The molecule has 4 N–H and O–H groups in total. The van der Waals surface area contributed by atoms with E-state index in [4.69, 9.17) is 0 Å². The maximum atomic E-state index is 14.5. The number of aliphatic hydroxyl groups is 1. The van der Waals surface area contributed by atoms with Crippen LogP contribution < -0.4 is 16.2 Å². The topological polar surface area (TPSA) is 125 Å². The van der Waals surface area contributed by atoms with Crippen LogP contribution >= 0.6 is 11.3 Å². The number of amides is 1. The quantitative estimate of drug-likeness (QED) is 0.285. The highest BCUT2D eigenvalue weighted by molar-refractivity contribution is 7.20. The van der Waals surface area contributed by atoms with Crippen LogP contribution in [0.4, 0.5) is 21.6 Å². The number of aliphatic hydroxyl groups excluding tert-OH is 1. The van der Waals surface area contributed by atoms with Gasteiger partial charge >= 0.3 is 0 Å². The summed E-state index contributed by atoms with van der Waals surface area (Å²) in [7, 11) is 1.67. The van der Waals surface area contributed by atoms with Crippen LogP contribution in [0.15, 0.2) is 65.5 Å². The van der Waals surface area contributed by atoms with Gasteiger partial charge in [-0.05, 0) is 41.8 Å². The number of aromatic nitrogens is 4. The molecule has 5 rings (SSSR count). The smallest absolute Gasteiger partial charge is 0.287 e. The van der Waals surface area contributed by atoms with Crippen LogP contribution in [0.3, 0.4) is 0 Å². The second-order valence-corrected chi connectivity index (χ2v) is 8.80. The van der Waals surface area contributed by atoms with Crippen LogP contribution in [-0.2, 0) is 13.7 Å². The Balaban J connectivity index is 1.42. The highest BCUT2D eigenvalue weighted by Gasteiger charge is 2.15. The Morgan fingerprint density at radius 3 is 2.74 bits per heavy atom. The molecular formula is C24H19FN6O3S. The Hall–Kier alpha value is -4.35. The largest absolute Gasteiger partial charge is 0.390 e. The summed E-state index contributed by atoms with van der Waals surface area (Å²) in [5.74, 6) is -0.653. The Morgan fingerprint density at radius 2 is 1.97 bits per heavy atom. The highest BCUT2D eigenvalue weighted by atomic mass is 32.1. The number of anilines is 3. The summed E-state index contributed by atoms with van der Waals surface area (Å²) < 4.78 is 17.0. The number of nitrogens with one attached hydrogen (secondary N) is 3. The van der Waals surface area contributed by atoms with Gasteiger partial charge in [0.1, 0.15) is 11.5 Å². The predicted molar refractivity (Wildman–Crippen MR) is 132 cm³/mol. The SMILES string of the molecule is Cn1nc(Nc2cc(-c3ccc(F)c(NC(=O)c4cc5ccccc5s4)c3)n[nH]c2=O)cc1CO. The van der Waals surface area contributed by atoms with Gasteiger partial charge in [-0.15, -0.1) is 11.3 Å². The molecule has 0 atom stereocenters. The van der Waals surface area contributed by atoms with Crippen LogP contribution in [0.2, 0.25) is 0 Å². The lowest BCUT2D eigenvalue weighted by Gasteiger charge is -2.09. The summed E-state index contributed by atoms with van der Waals surface area (Å²) in [5.41, 5.74) is 1.07. The summed E-state index contributed by atoms with van der Waals surface area (Å²) in [5, 5.41) is 26.5. The molecule has 1 amide bonds. The minimum atomic E-state index is -0.601. The van der Waals surface area contributed by atoms with Crippen LogP contribution in [0.5, 0.6) is 0 Å². The first-order valence-electron chi connectivity index (χ1n) is 10.5. The molecule has 0 saturated heterocycles. The third-order valence-electron chi connectivity index (χ3n) is 5.36. The molecule has 0 fully saturated rings. The van der Waals surface area contributed by atoms with Gasteiger partial charge in [-0.2, -0.15) is 10.2 Å². The number of carbonyl (C=O) groups excluding carboxylic acids is 1. The zero-order chi connectivity index (χ0) is 24.5. The molecule has 0 saturated carbocycles. The summed E-state index contributed by atoms with van der Waals surface area (Å²) >= 11 is 1.32. The summed E-state index contributed by atoms with van der Waals surface area (Å²) in [6.07, 6.45) is 0. The van der Waals surface area contributed by atoms with E-state index in [0.717, 1.165) is 10.1 Å². The third-order valence-corrected chi connectivity index (χ3v) is 6.48. The molecule has 2 aromatic carbocycles. The molecule has 11 heteroatoms. The predicted octanol–water partition coefficient (Wildman–Crippen LogP) is 4.01. The van der Waals surface area contributed by atoms with Crippen molar-refractivity contribution >= 4 is 44.5 Å². The maximum absolute atomic E-state index is 14.5. The lowest BCUT2D eigenvalue weighted by Crippen LogP contribution is -2.14. The molecule has 0 aliphatic heterocycles. The third kappa shape index (κ3) is 4.54. The fourth-order valence-corrected chi connectivity index (χ4v) is 4.52. The molecule has 0 unspecified atom stereocenters. The van der Waals surface area contributed by atoms with Crippen molar-refractivity contribution in [1.82, 2.24) is 20.0 Å². The average Bonchev–Trinajstić information content (AvgIpc) is 3.45. The number of aryl methyl sites for hydroxylation is 1. The van der Waals surface area contributed by atoms with Crippen molar-refractivity contribution in [2.24, 2.45) is 7.05 Å². The van der Waals surface area contributed by atoms with Crippen molar-refractivity contribution in [3.05, 3.63) is 87.4 Å². The minimum absolute atomic E-state index is 0.00946. The van der Waals surface area contributed by atoms with E-state index in [1.54, 1.807) is 19.2 Å². The van der Waals surface area contributed by atoms with Crippen LogP contribution in [0.1, 0.15) is 15.4 Å². The van der Waals surface area contributed by atoms with E-state index in [9.17, 15) is 19.1 Å². The Bertz CT molecular complexity index is 1590. The number of carbonyl (C=O) groups is 1. The van der Waals surface area contributed by atoms with Gasteiger partial charge in [0, 0.05) is 23.4 Å². The molecule has 35 heavy (non-hydrogen) atoms. The first-order valence-corrected chi connectivity index (χ1v) is 11.3. The Kier molecular flexibility index (Phi) is 5.85. The molecule has 0 bridgehead atoms. The number of halogens is 1. The molecule has 3 heterocycles. The Morgan fingerprint density at radius 1 is 1.14 bits per heavy atom. The fourth-order valence-electron chi connectivity index (χ4n) is 3.56. The Labute approximate surface area is 201 Å². The van der Waals surface area contributed by atoms with Crippen molar-refractivity contribution in [2.75, 3.05) is 10.6 Å². The van der Waals surface area contributed by atoms with Crippen molar-refractivity contribution in [2.45, 2.75) is 6.61 Å². The van der Waals surface area contributed by atoms with Crippen molar-refractivity contribution in [1.29, 1.82) is 0 Å². The average molecular weight is 491 g/mol. The first-order chi connectivity index (χ1) is 16.9. The number of fused-ring (bicyclic) bond motifs is 1. The number of aromatic amines is 1. The van der Waals surface area contributed by atoms with Gasteiger partial charge in [-0.3, -0.25) is 14.3 Å². The first kappa shape index (κ1) is 22.4. The monoisotopic (exact) mass is 490 g/mol. The van der Waals surface area contributed by atoms with Crippen LogP contribution in [0.25, 0.3) is 21.3 Å². The van der Waals surface area contributed by atoms with Crippen molar-refractivity contribution < 1.29 is 14.3 Å². The molecular weight excluding hydrogens is 471 g/mol. The van der Waals surface area contributed by atoms with Gasteiger partial charge < -0.3 is 15.7 Å². The van der Waals surface area contributed by atoms with Crippen LogP contribution in [-0.4, -0.2) is 31.0 Å². The molecule has 9 nitrogen and oxygen atoms in total. The van der Waals surface area contributed by atoms with Gasteiger partial charge in [0.2, 0.25) is 0 Å². The van der Waals surface area contributed by atoms with E-state index in [2.05, 4.69) is 25.9 Å². The molecule has 0 aliphatic rings. The molecule has 5 aromatic rings. The number of thiophene rings is 1. The maximum Gasteiger partial charge on any atom is 0.287 e. The van der Waals surface area contributed by atoms with E-state index >= 15 is 0 Å². The van der Waals surface area contributed by atoms with E-state index in [1.807, 2.05) is 24.3 Å². The normalized spacial score (nSPS) is 11.1. The molecule has 0 aliphatic carbocycles. The van der Waals surface area contributed by atoms with E-state index in [1.165, 1.54) is 40.3 Å². The van der Waals surface area contributed by atoms with Crippen LogP contribution in [0, 0.1) is 5.82 Å². The summed E-state index contributed by atoms with van der Waals surface area (Å²) in [6.45, 7) is -0.200. The van der Waals surface area contributed by atoms with Gasteiger partial charge in [-0.25, -0.2) is 9.49 Å². The zero-order valence-corrected chi connectivity index (χ0v) is 19.2. The standard InChI is InChI=1S/C24H19FN6O3S/c1-31-15(12-32)10-22(30-31)26-19-11-17(28-29-23(19)33)13-6-7-16(25)18(8-13)27-24(34)21-9-14-4-2-3-5-20(14)35-21/h2-11,32H,12H2,1H3,(H,27,34)(H,29,33)(H,26,28,30). The summed E-state index contributed by atoms with van der Waals surface area (Å²) in [6, 6.07) is 16.7.